The van der Waals surface area contributed by atoms with Gasteiger partial charge in [0.2, 0.25) is 5.91 Å². The van der Waals surface area contributed by atoms with Crippen molar-refractivity contribution in [3.63, 3.8) is 0 Å². The molecule has 0 radical (unpaired) electrons. The summed E-state index contributed by atoms with van der Waals surface area (Å²) >= 11 is 0. The highest BCUT2D eigenvalue weighted by Gasteiger charge is 2.26. The zero-order valence-corrected chi connectivity index (χ0v) is 20.6. The monoisotopic (exact) mass is 465 g/mol. The van der Waals surface area contributed by atoms with Crippen LogP contribution in [0.1, 0.15) is 67.8 Å². The maximum atomic E-state index is 13.0. The molecule has 1 atom stereocenters. The topological polar surface area (TPSA) is 79.5 Å². The standard InChI is InChI=1S/C28H39N3O3/c1-3-7-21-10-12-23(13-11-21)27(32)31-26(20-22-8-5-4-6-9-22)28(33)30-19-18-29-24-14-16-25(34-2)17-15-24/h10-17,22,26,29H,3-9,18-20H2,1-2H3,(H,30,33)(H,31,32). The molecule has 1 fully saturated rings. The van der Waals surface area contributed by atoms with Crippen molar-refractivity contribution in [3.05, 3.63) is 59.7 Å². The van der Waals surface area contributed by atoms with Crippen LogP contribution in [0.25, 0.3) is 0 Å². The summed E-state index contributed by atoms with van der Waals surface area (Å²) in [6.45, 7) is 3.22. The summed E-state index contributed by atoms with van der Waals surface area (Å²) < 4.78 is 5.18. The molecule has 6 heteroatoms. The summed E-state index contributed by atoms with van der Waals surface area (Å²) in [5.74, 6) is 0.989. The first kappa shape index (κ1) is 25.6. The van der Waals surface area contributed by atoms with Crippen LogP contribution in [-0.4, -0.2) is 38.1 Å². The summed E-state index contributed by atoms with van der Waals surface area (Å²) in [6.07, 6.45) is 8.70. The maximum absolute atomic E-state index is 13.0. The smallest absolute Gasteiger partial charge is 0.251 e. The Kier molecular flexibility index (Phi) is 10.3. The molecule has 0 saturated heterocycles. The largest absolute Gasteiger partial charge is 0.497 e. The van der Waals surface area contributed by atoms with Gasteiger partial charge in [0.15, 0.2) is 0 Å². The minimum absolute atomic E-state index is 0.113. The van der Waals surface area contributed by atoms with Gasteiger partial charge in [0, 0.05) is 24.3 Å². The molecule has 0 aromatic heterocycles. The van der Waals surface area contributed by atoms with Crippen molar-refractivity contribution in [2.45, 2.75) is 64.3 Å². The second-order valence-corrected chi connectivity index (χ2v) is 9.16. The van der Waals surface area contributed by atoms with Gasteiger partial charge in [-0.25, -0.2) is 0 Å². The molecule has 1 aliphatic rings. The summed E-state index contributed by atoms with van der Waals surface area (Å²) in [7, 11) is 1.64. The van der Waals surface area contributed by atoms with Crippen molar-refractivity contribution in [1.82, 2.24) is 10.6 Å². The Bertz CT molecular complexity index is 890. The van der Waals surface area contributed by atoms with E-state index in [1.165, 1.54) is 24.8 Å². The number of carbonyl (C=O) groups is 2. The van der Waals surface area contributed by atoms with Crippen LogP contribution in [0, 0.1) is 5.92 Å². The fourth-order valence-corrected chi connectivity index (χ4v) is 4.57. The van der Waals surface area contributed by atoms with E-state index in [9.17, 15) is 9.59 Å². The Labute approximate surface area is 203 Å². The molecule has 6 nitrogen and oxygen atoms in total. The lowest BCUT2D eigenvalue weighted by Crippen LogP contribution is -2.48. The molecule has 2 aromatic rings. The van der Waals surface area contributed by atoms with Gasteiger partial charge in [-0.15, -0.1) is 0 Å². The van der Waals surface area contributed by atoms with E-state index in [4.69, 9.17) is 4.74 Å². The van der Waals surface area contributed by atoms with Crippen molar-refractivity contribution < 1.29 is 14.3 Å². The number of aryl methyl sites for hydroxylation is 1. The van der Waals surface area contributed by atoms with E-state index in [0.717, 1.165) is 37.1 Å². The van der Waals surface area contributed by atoms with Crippen LogP contribution in [0.5, 0.6) is 5.75 Å². The van der Waals surface area contributed by atoms with E-state index < -0.39 is 6.04 Å². The summed E-state index contributed by atoms with van der Waals surface area (Å²) in [5, 5.41) is 9.32. The number of benzene rings is 2. The third kappa shape index (κ3) is 8.08. The summed E-state index contributed by atoms with van der Waals surface area (Å²) in [5.41, 5.74) is 2.79. The van der Waals surface area contributed by atoms with E-state index >= 15 is 0 Å². The highest BCUT2D eigenvalue weighted by atomic mass is 16.5. The number of methoxy groups -OCH3 is 1. The van der Waals surface area contributed by atoms with Crippen molar-refractivity contribution in [1.29, 1.82) is 0 Å². The van der Waals surface area contributed by atoms with Gasteiger partial charge in [0.05, 0.1) is 7.11 Å². The Balaban J connectivity index is 1.54. The third-order valence-corrected chi connectivity index (χ3v) is 6.51. The first-order valence-electron chi connectivity index (χ1n) is 12.6. The molecule has 0 heterocycles. The number of anilines is 1. The molecular formula is C28H39N3O3. The molecule has 184 valence electrons. The van der Waals surface area contributed by atoms with Crippen molar-refractivity contribution in [3.8, 4) is 5.75 Å². The van der Waals surface area contributed by atoms with Crippen LogP contribution in [0.3, 0.4) is 0 Å². The fraction of sp³-hybridized carbons (Fsp3) is 0.500. The lowest BCUT2D eigenvalue weighted by Gasteiger charge is -2.26. The number of nitrogens with one attached hydrogen (secondary N) is 3. The molecule has 1 aliphatic carbocycles. The Morgan fingerprint density at radius 2 is 1.68 bits per heavy atom. The van der Waals surface area contributed by atoms with Gasteiger partial charge in [-0.1, -0.05) is 57.6 Å². The molecule has 0 bridgehead atoms. The second kappa shape index (κ2) is 13.6. The van der Waals surface area contributed by atoms with E-state index in [0.29, 0.717) is 31.0 Å². The van der Waals surface area contributed by atoms with Crippen LogP contribution in [0.2, 0.25) is 0 Å². The second-order valence-electron chi connectivity index (χ2n) is 9.16. The predicted molar refractivity (Wildman–Crippen MR) is 137 cm³/mol. The van der Waals surface area contributed by atoms with Crippen LogP contribution >= 0.6 is 0 Å². The number of rotatable bonds is 12. The quantitative estimate of drug-likeness (QED) is 0.388. The molecule has 0 aliphatic heterocycles. The van der Waals surface area contributed by atoms with Crippen LogP contribution < -0.4 is 20.7 Å². The number of hydrogen-bond acceptors (Lipinski definition) is 4. The van der Waals surface area contributed by atoms with Gasteiger partial charge in [0.25, 0.3) is 5.91 Å². The normalized spacial score (nSPS) is 14.8. The average Bonchev–Trinajstić information content (AvgIpc) is 2.87. The van der Waals surface area contributed by atoms with E-state index in [1.54, 1.807) is 7.11 Å². The van der Waals surface area contributed by atoms with Gasteiger partial charge in [-0.05, 0) is 60.7 Å². The van der Waals surface area contributed by atoms with Crippen molar-refractivity contribution in [2.75, 3.05) is 25.5 Å². The molecule has 3 N–H and O–H groups in total. The summed E-state index contributed by atoms with van der Waals surface area (Å²) in [6, 6.07) is 14.9. The molecule has 34 heavy (non-hydrogen) atoms. The van der Waals surface area contributed by atoms with Crippen LogP contribution in [-0.2, 0) is 11.2 Å². The van der Waals surface area contributed by atoms with Gasteiger partial charge < -0.3 is 20.7 Å². The minimum Gasteiger partial charge on any atom is -0.497 e. The highest BCUT2D eigenvalue weighted by molar-refractivity contribution is 5.97. The third-order valence-electron chi connectivity index (χ3n) is 6.51. The first-order chi connectivity index (χ1) is 16.6. The lowest BCUT2D eigenvalue weighted by molar-refractivity contribution is -0.123. The Hall–Kier alpha value is -3.02. The predicted octanol–water partition coefficient (Wildman–Crippen LogP) is 4.94. The van der Waals surface area contributed by atoms with Crippen molar-refractivity contribution in [2.24, 2.45) is 5.92 Å². The number of amides is 2. The lowest BCUT2D eigenvalue weighted by atomic mass is 9.84. The van der Waals surface area contributed by atoms with Gasteiger partial charge in [-0.2, -0.15) is 0 Å². The van der Waals surface area contributed by atoms with Crippen LogP contribution in [0.4, 0.5) is 5.69 Å². The zero-order valence-electron chi connectivity index (χ0n) is 20.6. The zero-order chi connectivity index (χ0) is 24.2. The SMILES string of the molecule is CCCc1ccc(C(=O)NC(CC2CCCCC2)C(=O)NCCNc2ccc(OC)cc2)cc1. The number of ether oxygens (including phenoxy) is 1. The molecular weight excluding hydrogens is 426 g/mol. The fourth-order valence-electron chi connectivity index (χ4n) is 4.57. The average molecular weight is 466 g/mol. The highest BCUT2D eigenvalue weighted by Crippen LogP contribution is 2.27. The van der Waals surface area contributed by atoms with Gasteiger partial charge in [-0.3, -0.25) is 9.59 Å². The van der Waals surface area contributed by atoms with Gasteiger partial charge >= 0.3 is 0 Å². The molecule has 2 amide bonds. The van der Waals surface area contributed by atoms with E-state index in [2.05, 4.69) is 22.9 Å². The Morgan fingerprint density at radius 1 is 0.971 bits per heavy atom. The first-order valence-corrected chi connectivity index (χ1v) is 12.6. The molecule has 1 saturated carbocycles. The van der Waals surface area contributed by atoms with E-state index in [-0.39, 0.29) is 11.8 Å². The molecule has 3 rings (SSSR count). The maximum Gasteiger partial charge on any atom is 0.251 e. The molecule has 2 aromatic carbocycles. The number of hydrogen-bond donors (Lipinski definition) is 3. The molecule has 1 unspecified atom stereocenters. The summed E-state index contributed by atoms with van der Waals surface area (Å²) in [4.78, 5) is 26.0. The van der Waals surface area contributed by atoms with Crippen LogP contribution in [0.15, 0.2) is 48.5 Å². The molecule has 0 spiro atoms. The Morgan fingerprint density at radius 3 is 2.32 bits per heavy atom. The minimum atomic E-state index is -0.521. The van der Waals surface area contributed by atoms with E-state index in [1.807, 2.05) is 48.5 Å². The number of carbonyl (C=O) groups excluding carboxylic acids is 2. The van der Waals surface area contributed by atoms with Crippen molar-refractivity contribution >= 4 is 17.5 Å². The van der Waals surface area contributed by atoms with Gasteiger partial charge in [0.1, 0.15) is 11.8 Å².